The molecule has 0 saturated carbocycles. The highest BCUT2D eigenvalue weighted by atomic mass is 16.5. The van der Waals surface area contributed by atoms with Gasteiger partial charge in [-0.05, 0) is 45.7 Å². The highest BCUT2D eigenvalue weighted by Gasteiger charge is 2.08. The predicted octanol–water partition coefficient (Wildman–Crippen LogP) is 4.63. The van der Waals surface area contributed by atoms with Crippen LogP contribution in [0.25, 0.3) is 0 Å². The summed E-state index contributed by atoms with van der Waals surface area (Å²) in [5.41, 5.74) is 5.89. The summed E-state index contributed by atoms with van der Waals surface area (Å²) < 4.78 is 5.06. The van der Waals surface area contributed by atoms with Crippen LogP contribution >= 0.6 is 0 Å². The monoisotopic (exact) mass is 243 g/mol. The summed E-state index contributed by atoms with van der Waals surface area (Å²) in [6.07, 6.45) is 0. The smallest absolute Gasteiger partial charge is 0.161 e. The normalized spacial score (nSPS) is 11.4. The molecule has 4 nitrogen and oxygen atoms in total. The third kappa shape index (κ3) is 2.32. The molecule has 0 saturated heterocycles. The van der Waals surface area contributed by atoms with Crippen molar-refractivity contribution in [1.29, 1.82) is 0 Å². The van der Waals surface area contributed by atoms with Crippen molar-refractivity contribution in [3.8, 4) is 0 Å². The third-order valence-corrected chi connectivity index (χ3v) is 2.88. The summed E-state index contributed by atoms with van der Waals surface area (Å²) in [4.78, 5) is 0. The van der Waals surface area contributed by atoms with Gasteiger partial charge >= 0.3 is 0 Å². The summed E-state index contributed by atoms with van der Waals surface area (Å²) in [6, 6.07) is 4.21. The molecule has 0 spiro atoms. The zero-order valence-corrected chi connectivity index (χ0v) is 11.4. The van der Waals surface area contributed by atoms with Gasteiger partial charge in [-0.1, -0.05) is 22.9 Å². The molecule has 0 atom stereocenters. The van der Waals surface area contributed by atoms with E-state index in [1.54, 1.807) is 0 Å². The van der Waals surface area contributed by atoms with Gasteiger partial charge in [-0.25, -0.2) is 0 Å². The van der Waals surface area contributed by atoms with E-state index in [0.717, 1.165) is 28.2 Å². The fourth-order valence-corrected chi connectivity index (χ4v) is 2.05. The first-order valence-corrected chi connectivity index (χ1v) is 5.91. The molecule has 1 heterocycles. The molecule has 0 fully saturated rings. The summed E-state index contributed by atoms with van der Waals surface area (Å²) in [6.45, 7) is 9.86. The van der Waals surface area contributed by atoms with Crippen LogP contribution in [-0.2, 0) is 0 Å². The van der Waals surface area contributed by atoms with Crippen molar-refractivity contribution < 1.29 is 4.52 Å². The fraction of sp³-hybridized carbons (Fsp3) is 0.357. The van der Waals surface area contributed by atoms with Crippen LogP contribution in [0.2, 0.25) is 0 Å². The van der Waals surface area contributed by atoms with Crippen LogP contribution < -0.4 is 0 Å². The minimum Gasteiger partial charge on any atom is -0.359 e. The van der Waals surface area contributed by atoms with E-state index in [1.165, 1.54) is 5.56 Å². The van der Waals surface area contributed by atoms with E-state index in [9.17, 15) is 0 Å². The van der Waals surface area contributed by atoms with E-state index in [-0.39, 0.29) is 0 Å². The second-order valence-electron chi connectivity index (χ2n) is 4.62. The lowest BCUT2D eigenvalue weighted by Crippen LogP contribution is -1.82. The summed E-state index contributed by atoms with van der Waals surface area (Å²) in [5.74, 6) is 0.693. The Hall–Kier alpha value is -1.97. The van der Waals surface area contributed by atoms with E-state index < -0.39 is 0 Å². The number of hydrogen-bond donors (Lipinski definition) is 0. The van der Waals surface area contributed by atoms with Crippen molar-refractivity contribution >= 4 is 11.4 Å². The maximum atomic E-state index is 5.06. The summed E-state index contributed by atoms with van der Waals surface area (Å²) in [7, 11) is 0. The van der Waals surface area contributed by atoms with Crippen molar-refractivity contribution in [2.45, 2.75) is 34.6 Å². The summed E-state index contributed by atoms with van der Waals surface area (Å²) in [5, 5.41) is 12.4. The second kappa shape index (κ2) is 4.72. The molecule has 0 bridgehead atoms. The molecule has 2 aromatic rings. The van der Waals surface area contributed by atoms with E-state index in [1.807, 2.05) is 27.7 Å². The standard InChI is InChI=1S/C14H17N3O/c1-8-6-9(2)13(10(3)7-8)15-16-14-11(4)17-18-12(14)5/h6-7H,1-5H3. The van der Waals surface area contributed by atoms with Crippen LogP contribution in [0.15, 0.2) is 26.9 Å². The molecule has 0 aliphatic carbocycles. The molecular formula is C14H17N3O. The summed E-state index contributed by atoms with van der Waals surface area (Å²) >= 11 is 0. The lowest BCUT2D eigenvalue weighted by atomic mass is 10.1. The fourth-order valence-electron chi connectivity index (χ4n) is 2.05. The number of benzene rings is 1. The van der Waals surface area contributed by atoms with Crippen LogP contribution in [0.1, 0.15) is 28.1 Å². The van der Waals surface area contributed by atoms with Crippen LogP contribution in [0.5, 0.6) is 0 Å². The Morgan fingerprint density at radius 1 is 0.889 bits per heavy atom. The first-order chi connectivity index (χ1) is 8.49. The molecule has 2 rings (SSSR count). The first-order valence-electron chi connectivity index (χ1n) is 5.91. The van der Waals surface area contributed by atoms with E-state index in [2.05, 4.69) is 34.4 Å². The molecule has 0 unspecified atom stereocenters. The van der Waals surface area contributed by atoms with Crippen molar-refractivity contribution in [3.05, 3.63) is 40.3 Å². The highest BCUT2D eigenvalue weighted by Crippen LogP contribution is 2.29. The van der Waals surface area contributed by atoms with Gasteiger partial charge in [-0.15, -0.1) is 10.2 Å². The van der Waals surface area contributed by atoms with Gasteiger partial charge in [0.2, 0.25) is 0 Å². The van der Waals surface area contributed by atoms with Gasteiger partial charge in [-0.3, -0.25) is 0 Å². The second-order valence-corrected chi connectivity index (χ2v) is 4.62. The molecule has 1 aromatic carbocycles. The van der Waals surface area contributed by atoms with Crippen LogP contribution in [0.4, 0.5) is 11.4 Å². The lowest BCUT2D eigenvalue weighted by molar-refractivity contribution is 0.393. The van der Waals surface area contributed by atoms with Gasteiger partial charge in [0.1, 0.15) is 5.69 Å². The van der Waals surface area contributed by atoms with Gasteiger partial charge in [0.25, 0.3) is 0 Å². The molecule has 0 aliphatic rings. The molecule has 1 aromatic heterocycles. The molecule has 18 heavy (non-hydrogen) atoms. The molecule has 0 amide bonds. The van der Waals surface area contributed by atoms with Gasteiger partial charge in [-0.2, -0.15) is 0 Å². The van der Waals surface area contributed by atoms with E-state index in [4.69, 9.17) is 4.52 Å². The van der Waals surface area contributed by atoms with Crippen molar-refractivity contribution in [1.82, 2.24) is 5.16 Å². The Morgan fingerprint density at radius 3 is 1.94 bits per heavy atom. The minimum absolute atomic E-state index is 0.693. The maximum Gasteiger partial charge on any atom is 0.161 e. The molecule has 0 N–H and O–H groups in total. The maximum absolute atomic E-state index is 5.06. The van der Waals surface area contributed by atoms with Gasteiger partial charge in [0.05, 0.1) is 5.69 Å². The molecule has 0 radical (unpaired) electrons. The number of rotatable bonds is 2. The van der Waals surface area contributed by atoms with Crippen molar-refractivity contribution in [2.24, 2.45) is 10.2 Å². The molecule has 4 heteroatoms. The van der Waals surface area contributed by atoms with Gasteiger partial charge in [0.15, 0.2) is 11.4 Å². The van der Waals surface area contributed by atoms with Crippen LogP contribution in [-0.4, -0.2) is 5.16 Å². The van der Waals surface area contributed by atoms with Crippen molar-refractivity contribution in [3.63, 3.8) is 0 Å². The van der Waals surface area contributed by atoms with Gasteiger partial charge < -0.3 is 4.52 Å². The Kier molecular flexibility index (Phi) is 3.28. The number of azo groups is 1. The lowest BCUT2D eigenvalue weighted by Gasteiger charge is -2.05. The van der Waals surface area contributed by atoms with Crippen LogP contribution in [0, 0.1) is 34.6 Å². The largest absolute Gasteiger partial charge is 0.359 e. The Morgan fingerprint density at radius 2 is 1.44 bits per heavy atom. The minimum atomic E-state index is 0.693. The predicted molar refractivity (Wildman–Crippen MR) is 70.8 cm³/mol. The third-order valence-electron chi connectivity index (χ3n) is 2.88. The zero-order chi connectivity index (χ0) is 13.3. The van der Waals surface area contributed by atoms with E-state index in [0.29, 0.717) is 5.76 Å². The first kappa shape index (κ1) is 12.5. The molecule has 94 valence electrons. The number of aromatic nitrogens is 1. The number of aryl methyl sites for hydroxylation is 5. The molecular weight excluding hydrogens is 226 g/mol. The van der Waals surface area contributed by atoms with Crippen LogP contribution in [0.3, 0.4) is 0 Å². The highest BCUT2D eigenvalue weighted by molar-refractivity contribution is 5.54. The number of nitrogens with zero attached hydrogens (tertiary/aromatic N) is 3. The van der Waals surface area contributed by atoms with Gasteiger partial charge in [0, 0.05) is 0 Å². The Bertz CT molecular complexity index is 569. The topological polar surface area (TPSA) is 50.8 Å². The molecule has 0 aliphatic heterocycles. The number of hydrogen-bond acceptors (Lipinski definition) is 4. The quantitative estimate of drug-likeness (QED) is 0.722. The van der Waals surface area contributed by atoms with E-state index >= 15 is 0 Å². The Balaban J connectivity index is 2.41. The van der Waals surface area contributed by atoms with Crippen molar-refractivity contribution in [2.75, 3.05) is 0 Å². The SMILES string of the molecule is Cc1cc(C)c(N=Nc2c(C)noc2C)c(C)c1. The average Bonchev–Trinajstić information content (AvgIpc) is 2.58. The zero-order valence-electron chi connectivity index (χ0n) is 11.4. The average molecular weight is 243 g/mol. The Labute approximate surface area is 107 Å².